The van der Waals surface area contributed by atoms with Gasteiger partial charge >= 0.3 is 0 Å². The van der Waals surface area contributed by atoms with Crippen LogP contribution in [0.2, 0.25) is 0 Å². The first-order valence-corrected chi connectivity index (χ1v) is 10.4. The van der Waals surface area contributed by atoms with Gasteiger partial charge < -0.3 is 15.5 Å². The lowest BCUT2D eigenvalue weighted by atomic mass is 10.0. The number of aromatic hydroxyl groups is 1. The number of halogens is 1. The monoisotopic (exact) mass is 412 g/mol. The second kappa shape index (κ2) is 8.48. The fraction of sp³-hybridized carbons (Fsp3) is 0.368. The topological polar surface area (TPSA) is 98.7 Å². The van der Waals surface area contributed by atoms with Crippen molar-refractivity contribution in [3.63, 3.8) is 0 Å². The third kappa shape index (κ3) is 6.10. The fourth-order valence-electron chi connectivity index (χ4n) is 3.03. The molecular weight excluding hydrogens is 388 g/mol. The van der Waals surface area contributed by atoms with E-state index in [2.05, 4.69) is 22.2 Å². The molecule has 6 nitrogen and oxygen atoms in total. The first kappa shape index (κ1) is 21.5. The number of aliphatic hydroxyl groups is 1. The number of hydrogen-bond acceptors (Lipinski definition) is 5. The van der Waals surface area contributed by atoms with E-state index in [1.807, 2.05) is 18.2 Å². The van der Waals surface area contributed by atoms with E-state index in [-0.39, 0.29) is 29.4 Å². The molecule has 1 atom stereocenters. The standard InChI is InChI=1S/C19H24N2O4S.ClH/c1-26(24,25)21-16-11-15(7-8-17(16)22)18(23)13-20-19(9-10-19)12-14-5-3-2-4-6-14;/h2-8,11,18,20-23H,9-10,12-13H2,1H3;1H. The summed E-state index contributed by atoms with van der Waals surface area (Å²) < 4.78 is 25.0. The van der Waals surface area contributed by atoms with Crippen LogP contribution in [0, 0.1) is 0 Å². The maximum atomic E-state index is 11.4. The van der Waals surface area contributed by atoms with Gasteiger partial charge in [-0.05, 0) is 42.5 Å². The number of β-amino-alcohol motifs (C(OH)–C–C–N with tert-alkyl or cyclic N) is 1. The number of sulfonamides is 1. The Bertz CT molecular complexity index is 871. The molecule has 0 amide bonds. The van der Waals surface area contributed by atoms with Gasteiger partial charge in [0.15, 0.2) is 0 Å². The average Bonchev–Trinajstić information content (AvgIpc) is 3.34. The van der Waals surface area contributed by atoms with Crippen LogP contribution in [0.15, 0.2) is 48.5 Å². The number of anilines is 1. The van der Waals surface area contributed by atoms with E-state index >= 15 is 0 Å². The van der Waals surface area contributed by atoms with Crippen molar-refractivity contribution in [3.05, 3.63) is 59.7 Å². The Morgan fingerprint density at radius 3 is 2.41 bits per heavy atom. The summed E-state index contributed by atoms with van der Waals surface area (Å²) in [5, 5.41) is 23.7. The minimum atomic E-state index is -3.51. The van der Waals surface area contributed by atoms with Gasteiger partial charge in [-0.15, -0.1) is 12.4 Å². The predicted molar refractivity (Wildman–Crippen MR) is 109 cm³/mol. The molecule has 0 bridgehead atoms. The van der Waals surface area contributed by atoms with Gasteiger partial charge in [-0.3, -0.25) is 4.72 Å². The molecule has 148 valence electrons. The quantitative estimate of drug-likeness (QED) is 0.499. The van der Waals surface area contributed by atoms with Crippen LogP contribution in [0.1, 0.15) is 30.1 Å². The van der Waals surface area contributed by atoms with Gasteiger partial charge in [-0.25, -0.2) is 8.42 Å². The first-order valence-electron chi connectivity index (χ1n) is 8.54. The van der Waals surface area contributed by atoms with Gasteiger partial charge in [-0.1, -0.05) is 36.4 Å². The van der Waals surface area contributed by atoms with E-state index in [1.54, 1.807) is 6.07 Å². The first-order chi connectivity index (χ1) is 12.3. The van der Waals surface area contributed by atoms with Crippen LogP contribution in [0.5, 0.6) is 5.75 Å². The number of benzene rings is 2. The van der Waals surface area contributed by atoms with E-state index in [9.17, 15) is 18.6 Å². The predicted octanol–water partition coefficient (Wildman–Crippen LogP) is 2.58. The van der Waals surface area contributed by atoms with E-state index in [0.29, 0.717) is 12.1 Å². The molecule has 2 aromatic rings. The summed E-state index contributed by atoms with van der Waals surface area (Å²) in [4.78, 5) is 0. The third-order valence-electron chi connectivity index (χ3n) is 4.61. The molecule has 0 aliphatic heterocycles. The molecule has 2 aromatic carbocycles. The van der Waals surface area contributed by atoms with Gasteiger partial charge in [0.2, 0.25) is 10.0 Å². The summed E-state index contributed by atoms with van der Waals surface area (Å²) in [6.07, 6.45) is 3.24. The lowest BCUT2D eigenvalue weighted by Gasteiger charge is -2.21. The Labute approximate surface area is 166 Å². The zero-order chi connectivity index (χ0) is 18.8. The molecule has 1 fully saturated rings. The van der Waals surface area contributed by atoms with Crippen molar-refractivity contribution in [2.24, 2.45) is 0 Å². The largest absolute Gasteiger partial charge is 0.506 e. The van der Waals surface area contributed by atoms with Crippen LogP contribution >= 0.6 is 12.4 Å². The van der Waals surface area contributed by atoms with Gasteiger partial charge in [0, 0.05) is 12.1 Å². The van der Waals surface area contributed by atoms with Gasteiger partial charge in [0.05, 0.1) is 18.0 Å². The molecule has 0 spiro atoms. The van der Waals surface area contributed by atoms with Crippen LogP contribution in [0.3, 0.4) is 0 Å². The van der Waals surface area contributed by atoms with Crippen molar-refractivity contribution in [1.82, 2.24) is 5.32 Å². The van der Waals surface area contributed by atoms with E-state index in [1.165, 1.54) is 17.7 Å². The number of aliphatic hydroxyl groups excluding tert-OH is 1. The Balaban J connectivity index is 0.00000261. The SMILES string of the molecule is CS(=O)(=O)Nc1cc(C(O)CNC2(Cc3ccccc3)CC2)ccc1O.Cl. The zero-order valence-corrected chi connectivity index (χ0v) is 16.7. The third-order valence-corrected chi connectivity index (χ3v) is 5.20. The van der Waals surface area contributed by atoms with Gasteiger partial charge in [0.25, 0.3) is 0 Å². The van der Waals surface area contributed by atoms with E-state index < -0.39 is 16.1 Å². The van der Waals surface area contributed by atoms with Gasteiger partial charge in [0.1, 0.15) is 5.75 Å². The van der Waals surface area contributed by atoms with Crippen LogP contribution < -0.4 is 10.0 Å². The van der Waals surface area contributed by atoms with Crippen LogP contribution in [0.25, 0.3) is 0 Å². The smallest absolute Gasteiger partial charge is 0.229 e. The molecule has 4 N–H and O–H groups in total. The molecule has 1 saturated carbocycles. The molecular formula is C19H25ClN2O4S. The van der Waals surface area contributed by atoms with Gasteiger partial charge in [-0.2, -0.15) is 0 Å². The Morgan fingerprint density at radius 1 is 1.15 bits per heavy atom. The lowest BCUT2D eigenvalue weighted by Crippen LogP contribution is -2.36. The minimum Gasteiger partial charge on any atom is -0.506 e. The molecule has 1 aliphatic rings. The number of hydrogen-bond donors (Lipinski definition) is 4. The second-order valence-electron chi connectivity index (χ2n) is 6.99. The van der Waals surface area contributed by atoms with Crippen molar-refractivity contribution >= 4 is 28.1 Å². The Hall–Kier alpha value is -1.80. The highest BCUT2D eigenvalue weighted by atomic mass is 35.5. The second-order valence-corrected chi connectivity index (χ2v) is 8.74. The number of rotatable bonds is 8. The molecule has 0 aromatic heterocycles. The maximum absolute atomic E-state index is 11.4. The Kier molecular flexibility index (Phi) is 6.75. The molecule has 0 heterocycles. The summed E-state index contributed by atoms with van der Waals surface area (Å²) in [6.45, 7) is 0.357. The number of phenolic OH excluding ortho intramolecular Hbond substituents is 1. The number of nitrogens with one attached hydrogen (secondary N) is 2. The molecule has 0 saturated heterocycles. The molecule has 1 aliphatic carbocycles. The highest BCUT2D eigenvalue weighted by molar-refractivity contribution is 7.92. The van der Waals surface area contributed by atoms with E-state index in [0.717, 1.165) is 25.5 Å². The number of phenols is 1. The summed E-state index contributed by atoms with van der Waals surface area (Å²) in [6, 6.07) is 14.7. The van der Waals surface area contributed by atoms with Crippen LogP contribution in [0.4, 0.5) is 5.69 Å². The normalized spacial score (nSPS) is 16.2. The highest BCUT2D eigenvalue weighted by Gasteiger charge is 2.42. The van der Waals surface area contributed by atoms with Crippen molar-refractivity contribution in [3.8, 4) is 5.75 Å². The summed E-state index contributed by atoms with van der Waals surface area (Å²) in [5.74, 6) is -0.179. The fourth-order valence-corrected chi connectivity index (χ4v) is 3.59. The van der Waals surface area contributed by atoms with Crippen molar-refractivity contribution in [2.75, 3.05) is 17.5 Å². The van der Waals surface area contributed by atoms with Crippen LogP contribution in [-0.4, -0.2) is 37.0 Å². The molecule has 3 rings (SSSR count). The van der Waals surface area contributed by atoms with Crippen molar-refractivity contribution < 1.29 is 18.6 Å². The minimum absolute atomic E-state index is 0. The zero-order valence-electron chi connectivity index (χ0n) is 15.1. The Morgan fingerprint density at radius 2 is 1.81 bits per heavy atom. The lowest BCUT2D eigenvalue weighted by molar-refractivity contribution is 0.167. The summed E-state index contributed by atoms with van der Waals surface area (Å²) in [7, 11) is -3.51. The summed E-state index contributed by atoms with van der Waals surface area (Å²) in [5.41, 5.74) is 1.88. The maximum Gasteiger partial charge on any atom is 0.229 e. The van der Waals surface area contributed by atoms with Crippen LogP contribution in [-0.2, 0) is 16.4 Å². The molecule has 8 heteroatoms. The molecule has 0 radical (unpaired) electrons. The summed E-state index contributed by atoms with van der Waals surface area (Å²) >= 11 is 0. The van der Waals surface area contributed by atoms with Crippen molar-refractivity contribution in [2.45, 2.75) is 30.9 Å². The van der Waals surface area contributed by atoms with E-state index in [4.69, 9.17) is 0 Å². The van der Waals surface area contributed by atoms with Crippen molar-refractivity contribution in [1.29, 1.82) is 0 Å². The molecule has 1 unspecified atom stereocenters. The highest BCUT2D eigenvalue weighted by Crippen LogP contribution is 2.39. The molecule has 27 heavy (non-hydrogen) atoms. The average molecular weight is 413 g/mol.